The van der Waals surface area contributed by atoms with Crippen LogP contribution in [0.5, 0.6) is 11.5 Å². The van der Waals surface area contributed by atoms with Crippen LogP contribution in [0.1, 0.15) is 28.8 Å². The van der Waals surface area contributed by atoms with Crippen LogP contribution in [-0.2, 0) is 6.42 Å². The van der Waals surface area contributed by atoms with Crippen LogP contribution in [0.3, 0.4) is 0 Å². The number of β-amino-alcohol motifs (C(OH)–C–C–N with tert-alkyl or cyclic N) is 1. The van der Waals surface area contributed by atoms with E-state index in [1.54, 1.807) is 6.07 Å². The second-order valence-corrected chi connectivity index (χ2v) is 7.92. The maximum atomic E-state index is 13.5. The number of hydrogen-bond donors (Lipinski definition) is 2. The number of likely N-dealkylation sites (tertiary alicyclic amines) is 1. The van der Waals surface area contributed by atoms with Gasteiger partial charge in [0.05, 0.1) is 0 Å². The van der Waals surface area contributed by atoms with E-state index in [9.17, 15) is 18.7 Å². The number of nitrogens with zero attached hydrogens (tertiary/aromatic N) is 1. The minimum Gasteiger partial charge on any atom is -0.490 e. The lowest BCUT2D eigenvalue weighted by molar-refractivity contribution is -0.00204. The molecule has 0 bridgehead atoms. The van der Waals surface area contributed by atoms with Crippen LogP contribution in [0.15, 0.2) is 36.4 Å². The third-order valence-electron chi connectivity index (χ3n) is 5.70. The van der Waals surface area contributed by atoms with E-state index in [0.717, 1.165) is 42.4 Å². The predicted molar refractivity (Wildman–Crippen MR) is 111 cm³/mol. The number of rotatable bonds is 6. The van der Waals surface area contributed by atoms with Gasteiger partial charge in [-0.1, -0.05) is 0 Å². The average Bonchev–Trinajstić information content (AvgIpc) is 3.05. The van der Waals surface area contributed by atoms with Gasteiger partial charge in [0.1, 0.15) is 47.0 Å². The molecular weight excluding hydrogens is 432 g/mol. The fourth-order valence-corrected chi connectivity index (χ4v) is 4.15. The molecule has 0 unspecified atom stereocenters. The van der Waals surface area contributed by atoms with Crippen molar-refractivity contribution >= 4 is 18.4 Å². The first-order valence-corrected chi connectivity index (χ1v) is 9.87. The van der Waals surface area contributed by atoms with Crippen molar-refractivity contribution in [3.8, 4) is 11.5 Å². The number of ether oxygens (including phenoxy) is 2. The molecule has 168 valence electrons. The topological polar surface area (TPSA) is 79.2 Å². The van der Waals surface area contributed by atoms with Crippen LogP contribution in [0.2, 0.25) is 0 Å². The summed E-state index contributed by atoms with van der Waals surface area (Å²) in [5.74, 6) is -1.47. The highest BCUT2D eigenvalue weighted by atomic mass is 35.5. The number of halogens is 3. The Labute approximate surface area is 184 Å². The highest BCUT2D eigenvalue weighted by molar-refractivity contribution is 5.90. The van der Waals surface area contributed by atoms with Crippen molar-refractivity contribution in [1.29, 1.82) is 0 Å². The van der Waals surface area contributed by atoms with Crippen LogP contribution in [0.25, 0.3) is 0 Å². The number of carboxylic acids is 1. The van der Waals surface area contributed by atoms with Crippen LogP contribution in [-0.4, -0.2) is 59.0 Å². The predicted octanol–water partition coefficient (Wildman–Crippen LogP) is 3.29. The molecule has 1 saturated heterocycles. The molecule has 0 saturated carbocycles. The molecule has 31 heavy (non-hydrogen) atoms. The van der Waals surface area contributed by atoms with Gasteiger partial charge in [-0.25, -0.2) is 13.6 Å². The second kappa shape index (κ2) is 9.38. The summed E-state index contributed by atoms with van der Waals surface area (Å²) in [6.07, 6.45) is 1.32. The highest BCUT2D eigenvalue weighted by Crippen LogP contribution is 2.41. The summed E-state index contributed by atoms with van der Waals surface area (Å²) in [5, 5.41) is 19.5. The maximum Gasteiger partial charge on any atom is 0.339 e. The first-order valence-electron chi connectivity index (χ1n) is 9.87. The van der Waals surface area contributed by atoms with Crippen molar-refractivity contribution in [3.05, 3.63) is 59.2 Å². The summed E-state index contributed by atoms with van der Waals surface area (Å²) in [5.41, 5.74) is 0.408. The van der Waals surface area contributed by atoms with Crippen LogP contribution in [0, 0.1) is 11.6 Å². The number of benzene rings is 2. The number of piperidine rings is 1. The molecule has 2 aromatic rings. The van der Waals surface area contributed by atoms with Gasteiger partial charge in [-0.05, 0) is 30.3 Å². The van der Waals surface area contributed by atoms with E-state index in [1.165, 1.54) is 12.1 Å². The second-order valence-electron chi connectivity index (χ2n) is 7.92. The van der Waals surface area contributed by atoms with Crippen molar-refractivity contribution in [2.75, 3.05) is 26.2 Å². The summed E-state index contributed by atoms with van der Waals surface area (Å²) in [6.45, 7) is 1.60. The van der Waals surface area contributed by atoms with Gasteiger partial charge in [-0.15, -0.1) is 12.4 Å². The van der Waals surface area contributed by atoms with Crippen LogP contribution < -0.4 is 9.47 Å². The Kier molecular flexibility index (Phi) is 7.03. The number of fused-ring (bicyclic) bond motifs is 1. The minimum absolute atomic E-state index is 0. The molecular formula is C22H24ClF2NO5. The summed E-state index contributed by atoms with van der Waals surface area (Å²) >= 11 is 0. The van der Waals surface area contributed by atoms with Crippen LogP contribution in [0.4, 0.5) is 8.78 Å². The summed E-state index contributed by atoms with van der Waals surface area (Å²) in [4.78, 5) is 13.3. The molecule has 2 N–H and O–H groups in total. The molecule has 1 spiro atoms. The Balaban J connectivity index is 0.00000272. The number of aromatic carboxylic acids is 1. The van der Waals surface area contributed by atoms with E-state index in [-0.39, 0.29) is 41.7 Å². The Bertz CT molecular complexity index is 949. The fourth-order valence-electron chi connectivity index (χ4n) is 4.15. The molecule has 1 atom stereocenters. The molecule has 0 amide bonds. The first-order chi connectivity index (χ1) is 14.3. The SMILES string of the molecule is Cl.O=C(O)c1ccc(F)cc1OC[C@@H](O)CN1CCC2(CC1)Cc1cc(F)ccc1O2. The zero-order chi connectivity index (χ0) is 21.3. The van der Waals surface area contributed by atoms with Gasteiger partial charge in [0.15, 0.2) is 0 Å². The normalized spacial score (nSPS) is 18.0. The molecule has 0 radical (unpaired) electrons. The lowest BCUT2D eigenvalue weighted by atomic mass is 9.87. The Morgan fingerprint density at radius 2 is 1.84 bits per heavy atom. The monoisotopic (exact) mass is 455 g/mol. The Morgan fingerprint density at radius 3 is 2.55 bits per heavy atom. The van der Waals surface area contributed by atoms with Gasteiger partial charge in [0.2, 0.25) is 0 Å². The van der Waals surface area contributed by atoms with Crippen molar-refractivity contribution in [2.45, 2.75) is 31.0 Å². The third kappa shape index (κ3) is 5.26. The van der Waals surface area contributed by atoms with Gasteiger partial charge in [-0.2, -0.15) is 0 Å². The zero-order valence-electron chi connectivity index (χ0n) is 16.7. The van der Waals surface area contributed by atoms with Crippen molar-refractivity contribution in [2.24, 2.45) is 0 Å². The first kappa shape index (κ1) is 23.2. The largest absolute Gasteiger partial charge is 0.490 e. The molecule has 2 heterocycles. The van der Waals surface area contributed by atoms with Crippen LogP contribution >= 0.6 is 12.4 Å². The summed E-state index contributed by atoms with van der Waals surface area (Å²) in [6, 6.07) is 7.78. The third-order valence-corrected chi connectivity index (χ3v) is 5.70. The molecule has 0 aromatic heterocycles. The number of hydrogen-bond acceptors (Lipinski definition) is 5. The highest BCUT2D eigenvalue weighted by Gasteiger charge is 2.42. The summed E-state index contributed by atoms with van der Waals surface area (Å²) < 4.78 is 38.3. The number of aliphatic hydroxyl groups excluding tert-OH is 1. The minimum atomic E-state index is -1.22. The fraction of sp³-hybridized carbons (Fsp3) is 0.409. The number of aliphatic hydroxyl groups is 1. The van der Waals surface area contributed by atoms with E-state index in [2.05, 4.69) is 4.90 Å². The molecule has 9 heteroatoms. The molecule has 1 fully saturated rings. The molecule has 6 nitrogen and oxygen atoms in total. The van der Waals surface area contributed by atoms with Crippen molar-refractivity contribution in [3.63, 3.8) is 0 Å². The lowest BCUT2D eigenvalue weighted by Crippen LogP contribution is -2.49. The van der Waals surface area contributed by atoms with Gasteiger partial charge < -0.3 is 24.6 Å². The average molecular weight is 456 g/mol. The van der Waals surface area contributed by atoms with Gasteiger partial charge in [0, 0.05) is 50.5 Å². The van der Waals surface area contributed by atoms with Gasteiger partial charge in [0.25, 0.3) is 0 Å². The maximum absolute atomic E-state index is 13.5. The quantitative estimate of drug-likeness (QED) is 0.696. The van der Waals surface area contributed by atoms with Gasteiger partial charge in [-0.3, -0.25) is 0 Å². The zero-order valence-corrected chi connectivity index (χ0v) is 17.5. The van der Waals surface area contributed by atoms with E-state index in [4.69, 9.17) is 14.6 Å². The summed E-state index contributed by atoms with van der Waals surface area (Å²) in [7, 11) is 0. The standard InChI is InChI=1S/C22H23F2NO5.ClH/c23-15-2-4-19-14(9-15)11-22(30-19)5-7-25(8-6-22)12-17(26)13-29-20-10-16(24)1-3-18(20)21(27)28;/h1-4,9-10,17,26H,5-8,11-13H2,(H,27,28);1H/t17-;/m0./s1. The molecule has 2 aliphatic heterocycles. The lowest BCUT2D eigenvalue weighted by Gasteiger charge is -2.39. The van der Waals surface area contributed by atoms with E-state index >= 15 is 0 Å². The van der Waals surface area contributed by atoms with Crippen molar-refractivity contribution in [1.82, 2.24) is 4.90 Å². The molecule has 2 aliphatic rings. The molecule has 4 rings (SSSR count). The van der Waals surface area contributed by atoms with E-state index in [1.807, 2.05) is 0 Å². The van der Waals surface area contributed by atoms with Gasteiger partial charge >= 0.3 is 5.97 Å². The van der Waals surface area contributed by atoms with E-state index < -0.39 is 17.9 Å². The van der Waals surface area contributed by atoms with E-state index in [0.29, 0.717) is 26.1 Å². The number of carbonyl (C=O) groups is 1. The Morgan fingerprint density at radius 1 is 1.16 bits per heavy atom. The Hall–Kier alpha value is -2.42. The smallest absolute Gasteiger partial charge is 0.339 e. The molecule has 2 aromatic carbocycles. The number of carboxylic acid groups (broad SMARTS) is 1. The van der Waals surface area contributed by atoms with Crippen molar-refractivity contribution < 1.29 is 33.3 Å². The molecule has 0 aliphatic carbocycles.